The van der Waals surface area contributed by atoms with Crippen molar-refractivity contribution in [3.63, 3.8) is 0 Å². The molecule has 0 saturated carbocycles. The van der Waals surface area contributed by atoms with E-state index in [1.165, 1.54) is 5.56 Å². The molecule has 1 aromatic rings. The lowest BCUT2D eigenvalue weighted by molar-refractivity contribution is -0.150. The zero-order valence-corrected chi connectivity index (χ0v) is 10.5. The number of aliphatic hydroxyl groups excluding tert-OH is 1. The number of rotatable bonds is 4. The van der Waals surface area contributed by atoms with Crippen LogP contribution in [0.25, 0.3) is 0 Å². The number of nitrogens with zero attached hydrogens (tertiary/aromatic N) is 1. The summed E-state index contributed by atoms with van der Waals surface area (Å²) in [5, 5.41) is 18.7. The number of aliphatic hydroxyl groups is 1. The first-order valence-corrected chi connectivity index (χ1v) is 6.17. The van der Waals surface area contributed by atoms with Gasteiger partial charge in [0.25, 0.3) is 0 Å². The summed E-state index contributed by atoms with van der Waals surface area (Å²) in [5.41, 5.74) is 0.326. The third-order valence-corrected chi connectivity index (χ3v) is 3.89. The van der Waals surface area contributed by atoms with E-state index in [2.05, 4.69) is 4.90 Å². The van der Waals surface area contributed by atoms with Gasteiger partial charge in [-0.15, -0.1) is 0 Å². The summed E-state index contributed by atoms with van der Waals surface area (Å²) in [6.45, 7) is 3.51. The van der Waals surface area contributed by atoms with E-state index < -0.39 is 11.4 Å². The number of aliphatic carboxylic acids is 1. The van der Waals surface area contributed by atoms with Crippen LogP contribution in [0.2, 0.25) is 0 Å². The SMILES string of the molecule is C[C@]1(C(=O)O)CN(Cc2ccccc2)C[C@@H]1CO. The maximum absolute atomic E-state index is 11.4. The lowest BCUT2D eigenvalue weighted by Crippen LogP contribution is -2.37. The smallest absolute Gasteiger partial charge is 0.311 e. The Bertz CT molecular complexity index is 420. The van der Waals surface area contributed by atoms with Gasteiger partial charge in [0.15, 0.2) is 0 Å². The van der Waals surface area contributed by atoms with Crippen LogP contribution in [0.4, 0.5) is 0 Å². The quantitative estimate of drug-likeness (QED) is 0.842. The van der Waals surface area contributed by atoms with Crippen molar-refractivity contribution in [3.05, 3.63) is 35.9 Å². The Hall–Kier alpha value is -1.39. The highest BCUT2D eigenvalue weighted by molar-refractivity contribution is 5.75. The molecule has 0 amide bonds. The Labute approximate surface area is 107 Å². The molecular weight excluding hydrogens is 230 g/mol. The van der Waals surface area contributed by atoms with Crippen LogP contribution < -0.4 is 0 Å². The highest BCUT2D eigenvalue weighted by Crippen LogP contribution is 2.36. The van der Waals surface area contributed by atoms with E-state index >= 15 is 0 Å². The number of carboxylic acids is 1. The number of hydrogen-bond donors (Lipinski definition) is 2. The standard InChI is InChI=1S/C14H19NO3/c1-14(13(17)18)10-15(8-12(14)9-16)7-11-5-3-2-4-6-11/h2-6,12,16H,7-10H2,1H3,(H,17,18)/t12-,14+/m1/s1. The van der Waals surface area contributed by atoms with Gasteiger partial charge in [-0.2, -0.15) is 0 Å². The second-order valence-electron chi connectivity index (χ2n) is 5.26. The molecule has 0 unspecified atom stereocenters. The lowest BCUT2D eigenvalue weighted by Gasteiger charge is -2.24. The van der Waals surface area contributed by atoms with Crippen molar-refractivity contribution >= 4 is 5.97 Å². The molecule has 4 heteroatoms. The maximum Gasteiger partial charge on any atom is 0.311 e. The molecule has 2 N–H and O–H groups in total. The molecule has 0 bridgehead atoms. The molecule has 2 rings (SSSR count). The molecule has 2 atom stereocenters. The molecule has 0 spiro atoms. The normalized spacial score (nSPS) is 28.4. The van der Waals surface area contributed by atoms with Crippen molar-refractivity contribution in [2.75, 3.05) is 19.7 Å². The summed E-state index contributed by atoms with van der Waals surface area (Å²) >= 11 is 0. The zero-order chi connectivity index (χ0) is 13.2. The van der Waals surface area contributed by atoms with E-state index in [4.69, 9.17) is 0 Å². The number of hydrogen-bond acceptors (Lipinski definition) is 3. The number of benzene rings is 1. The van der Waals surface area contributed by atoms with Crippen molar-refractivity contribution in [2.45, 2.75) is 13.5 Å². The molecule has 0 aliphatic carbocycles. The fraction of sp³-hybridized carbons (Fsp3) is 0.500. The average Bonchev–Trinajstić information content (AvgIpc) is 2.68. The molecular formula is C14H19NO3. The Morgan fingerprint density at radius 1 is 1.44 bits per heavy atom. The maximum atomic E-state index is 11.4. The largest absolute Gasteiger partial charge is 0.481 e. The van der Waals surface area contributed by atoms with Crippen LogP contribution in [-0.2, 0) is 11.3 Å². The van der Waals surface area contributed by atoms with Crippen LogP contribution in [0.15, 0.2) is 30.3 Å². The van der Waals surface area contributed by atoms with Crippen LogP contribution in [0.1, 0.15) is 12.5 Å². The zero-order valence-electron chi connectivity index (χ0n) is 10.5. The van der Waals surface area contributed by atoms with E-state index in [0.717, 1.165) is 6.54 Å². The molecule has 0 aromatic heterocycles. The summed E-state index contributed by atoms with van der Waals surface area (Å²) in [5.74, 6) is -1.02. The van der Waals surface area contributed by atoms with Crippen LogP contribution in [0.5, 0.6) is 0 Å². The van der Waals surface area contributed by atoms with Gasteiger partial charge in [0.1, 0.15) is 0 Å². The summed E-state index contributed by atoms with van der Waals surface area (Å²) in [7, 11) is 0. The van der Waals surface area contributed by atoms with Gasteiger partial charge >= 0.3 is 5.97 Å². The summed E-state index contributed by atoms with van der Waals surface area (Å²) in [6, 6.07) is 9.98. The fourth-order valence-electron chi connectivity index (χ4n) is 2.63. The monoisotopic (exact) mass is 249 g/mol. The molecule has 0 radical (unpaired) electrons. The van der Waals surface area contributed by atoms with Crippen LogP contribution in [0.3, 0.4) is 0 Å². The average molecular weight is 249 g/mol. The van der Waals surface area contributed by atoms with Crippen molar-refractivity contribution in [1.29, 1.82) is 0 Å². The minimum absolute atomic E-state index is 0.0753. The Kier molecular flexibility index (Phi) is 3.68. The van der Waals surface area contributed by atoms with Crippen molar-refractivity contribution in [3.8, 4) is 0 Å². The molecule has 4 nitrogen and oxygen atoms in total. The highest BCUT2D eigenvalue weighted by atomic mass is 16.4. The number of carboxylic acid groups (broad SMARTS) is 1. The van der Waals surface area contributed by atoms with E-state index in [9.17, 15) is 15.0 Å². The second kappa shape index (κ2) is 5.08. The van der Waals surface area contributed by atoms with Gasteiger partial charge in [-0.1, -0.05) is 30.3 Å². The fourth-order valence-corrected chi connectivity index (χ4v) is 2.63. The summed E-state index contributed by atoms with van der Waals surface area (Å²) < 4.78 is 0. The van der Waals surface area contributed by atoms with Crippen LogP contribution in [0, 0.1) is 11.3 Å². The van der Waals surface area contributed by atoms with Gasteiger partial charge in [0, 0.05) is 32.2 Å². The molecule has 98 valence electrons. The topological polar surface area (TPSA) is 60.8 Å². The van der Waals surface area contributed by atoms with E-state index in [0.29, 0.717) is 13.1 Å². The van der Waals surface area contributed by atoms with Gasteiger partial charge < -0.3 is 10.2 Å². The van der Waals surface area contributed by atoms with Crippen molar-refractivity contribution in [1.82, 2.24) is 4.90 Å². The Morgan fingerprint density at radius 2 is 2.11 bits per heavy atom. The van der Waals surface area contributed by atoms with E-state index in [-0.39, 0.29) is 12.5 Å². The Morgan fingerprint density at radius 3 is 2.61 bits per heavy atom. The van der Waals surface area contributed by atoms with Crippen LogP contribution >= 0.6 is 0 Å². The first-order chi connectivity index (χ1) is 8.56. The predicted octanol–water partition coefficient (Wildman–Crippen LogP) is 1.20. The number of likely N-dealkylation sites (tertiary alicyclic amines) is 1. The molecule has 1 saturated heterocycles. The second-order valence-corrected chi connectivity index (χ2v) is 5.26. The van der Waals surface area contributed by atoms with Crippen molar-refractivity contribution in [2.24, 2.45) is 11.3 Å². The molecule has 18 heavy (non-hydrogen) atoms. The van der Waals surface area contributed by atoms with Gasteiger partial charge in [0.05, 0.1) is 5.41 Å². The van der Waals surface area contributed by atoms with Gasteiger partial charge in [-0.05, 0) is 12.5 Å². The lowest BCUT2D eigenvalue weighted by atomic mass is 9.80. The molecule has 1 aliphatic heterocycles. The first kappa shape index (κ1) is 13.1. The third-order valence-electron chi connectivity index (χ3n) is 3.89. The predicted molar refractivity (Wildman–Crippen MR) is 68.0 cm³/mol. The van der Waals surface area contributed by atoms with Gasteiger partial charge in [0.2, 0.25) is 0 Å². The number of carbonyl (C=O) groups is 1. The minimum atomic E-state index is -0.844. The van der Waals surface area contributed by atoms with Crippen LogP contribution in [-0.4, -0.2) is 40.8 Å². The summed E-state index contributed by atoms with van der Waals surface area (Å²) in [4.78, 5) is 13.5. The minimum Gasteiger partial charge on any atom is -0.481 e. The highest BCUT2D eigenvalue weighted by Gasteiger charge is 2.48. The third kappa shape index (κ3) is 2.40. The Balaban J connectivity index is 2.08. The van der Waals surface area contributed by atoms with Gasteiger partial charge in [-0.3, -0.25) is 9.69 Å². The van der Waals surface area contributed by atoms with E-state index in [1.54, 1.807) is 6.92 Å². The molecule has 1 heterocycles. The summed E-state index contributed by atoms with van der Waals surface area (Å²) in [6.07, 6.45) is 0. The first-order valence-electron chi connectivity index (χ1n) is 6.17. The van der Waals surface area contributed by atoms with Crippen molar-refractivity contribution < 1.29 is 15.0 Å². The molecule has 1 fully saturated rings. The van der Waals surface area contributed by atoms with E-state index in [1.807, 2.05) is 30.3 Å². The molecule has 1 aliphatic rings. The molecule has 1 aromatic carbocycles. The van der Waals surface area contributed by atoms with Gasteiger partial charge in [-0.25, -0.2) is 0 Å².